The van der Waals surface area contributed by atoms with Crippen LogP contribution in [0.25, 0.3) is 0 Å². The Balaban J connectivity index is 2.11. The van der Waals surface area contributed by atoms with Crippen molar-refractivity contribution >= 4 is 46.7 Å². The van der Waals surface area contributed by atoms with Gasteiger partial charge in [-0.3, -0.25) is 14.4 Å². The lowest BCUT2D eigenvalue weighted by atomic mass is 10.1. The smallest absolute Gasteiger partial charge is 0.394 e. The third-order valence-corrected chi connectivity index (χ3v) is 3.15. The van der Waals surface area contributed by atoms with Crippen molar-refractivity contribution < 1.29 is 34.2 Å². The quantitative estimate of drug-likeness (QED) is 0.500. The van der Waals surface area contributed by atoms with Crippen molar-refractivity contribution in [2.24, 2.45) is 0 Å². The van der Waals surface area contributed by atoms with E-state index in [1.54, 1.807) is 0 Å². The summed E-state index contributed by atoms with van der Waals surface area (Å²) >= 11 is 0. The molecule has 0 atom stereocenters. The highest BCUT2D eigenvalue weighted by Gasteiger charge is 2.14. The average Bonchev–Trinajstić information content (AvgIpc) is 2.62. The summed E-state index contributed by atoms with van der Waals surface area (Å²) in [6.45, 7) is 0. The molecule has 0 aliphatic carbocycles. The normalized spacial score (nSPS) is 9.78. The molecule has 0 spiro atoms. The Hall–Kier alpha value is -4.21. The summed E-state index contributed by atoms with van der Waals surface area (Å²) in [6, 6.07) is 11.4. The largest absolute Gasteiger partial charge is 0.474 e. The van der Waals surface area contributed by atoms with Gasteiger partial charge in [0.15, 0.2) is 0 Å². The fourth-order valence-corrected chi connectivity index (χ4v) is 1.99. The van der Waals surface area contributed by atoms with Crippen molar-refractivity contribution in [2.45, 2.75) is 0 Å². The van der Waals surface area contributed by atoms with Crippen molar-refractivity contribution in [3.05, 3.63) is 54.1 Å². The number of carboxylic acids is 2. The maximum atomic E-state index is 12.3. The van der Waals surface area contributed by atoms with Gasteiger partial charge in [-0.15, -0.1) is 0 Å². The van der Waals surface area contributed by atoms with E-state index in [0.29, 0.717) is 0 Å². The fourth-order valence-electron chi connectivity index (χ4n) is 1.99. The first kappa shape index (κ1) is 19.1. The van der Waals surface area contributed by atoms with Crippen molar-refractivity contribution in [3.8, 4) is 0 Å². The molecular formula is C17H13N3O7. The molecule has 0 aromatic heterocycles. The second-order valence-corrected chi connectivity index (χ2v) is 5.13. The molecule has 0 saturated heterocycles. The SMILES string of the molecule is O=C(O)C(=O)Nc1cccc(NC(=O)c2cccc(NC(=O)C(=O)O)c2)c1. The number of hydrogen-bond donors (Lipinski definition) is 5. The third-order valence-electron chi connectivity index (χ3n) is 3.15. The highest BCUT2D eigenvalue weighted by molar-refractivity contribution is 6.37. The number of nitrogens with one attached hydrogen (secondary N) is 3. The zero-order chi connectivity index (χ0) is 20.0. The number of carbonyl (C=O) groups excluding carboxylic acids is 3. The number of benzene rings is 2. The Morgan fingerprint density at radius 1 is 0.630 bits per heavy atom. The number of anilines is 3. The molecule has 2 aromatic rings. The Labute approximate surface area is 151 Å². The summed E-state index contributed by atoms with van der Waals surface area (Å²) in [4.78, 5) is 55.8. The number of hydrogen-bond acceptors (Lipinski definition) is 5. The lowest BCUT2D eigenvalue weighted by molar-refractivity contribution is -0.147. The van der Waals surface area contributed by atoms with Crippen LogP contribution < -0.4 is 16.0 Å². The molecule has 10 nitrogen and oxygen atoms in total. The van der Waals surface area contributed by atoms with Gasteiger partial charge in [-0.2, -0.15) is 0 Å². The highest BCUT2D eigenvalue weighted by Crippen LogP contribution is 2.17. The predicted molar refractivity (Wildman–Crippen MR) is 93.4 cm³/mol. The van der Waals surface area contributed by atoms with Gasteiger partial charge in [-0.1, -0.05) is 12.1 Å². The fraction of sp³-hybridized carbons (Fsp3) is 0. The first-order valence-electron chi connectivity index (χ1n) is 7.36. The number of amides is 3. The molecule has 0 fully saturated rings. The molecule has 138 valence electrons. The van der Waals surface area contributed by atoms with Crippen LogP contribution in [0, 0.1) is 0 Å². The molecule has 2 aromatic carbocycles. The second-order valence-electron chi connectivity index (χ2n) is 5.13. The van der Waals surface area contributed by atoms with Crippen LogP contribution in [0.5, 0.6) is 0 Å². The van der Waals surface area contributed by atoms with Crippen LogP contribution in [0.15, 0.2) is 48.5 Å². The van der Waals surface area contributed by atoms with Gasteiger partial charge in [0.2, 0.25) is 0 Å². The molecular weight excluding hydrogens is 358 g/mol. The summed E-state index contributed by atoms with van der Waals surface area (Å²) in [6.07, 6.45) is 0. The molecule has 10 heteroatoms. The summed E-state index contributed by atoms with van der Waals surface area (Å²) in [7, 11) is 0. The van der Waals surface area contributed by atoms with Gasteiger partial charge in [-0.05, 0) is 36.4 Å². The second kappa shape index (κ2) is 8.25. The molecule has 2 rings (SSSR count). The van der Waals surface area contributed by atoms with Crippen LogP contribution in [-0.2, 0) is 19.2 Å². The molecule has 3 amide bonds. The Bertz CT molecular complexity index is 940. The van der Waals surface area contributed by atoms with E-state index in [0.717, 1.165) is 0 Å². The minimum Gasteiger partial charge on any atom is -0.474 e. The van der Waals surface area contributed by atoms with Crippen LogP contribution in [0.4, 0.5) is 17.1 Å². The first-order valence-corrected chi connectivity index (χ1v) is 7.36. The van der Waals surface area contributed by atoms with Crippen LogP contribution in [-0.4, -0.2) is 39.9 Å². The monoisotopic (exact) mass is 371 g/mol. The van der Waals surface area contributed by atoms with Gasteiger partial charge >= 0.3 is 23.8 Å². The molecule has 0 bridgehead atoms. The van der Waals surface area contributed by atoms with Gasteiger partial charge < -0.3 is 26.2 Å². The van der Waals surface area contributed by atoms with Crippen LogP contribution in [0.1, 0.15) is 10.4 Å². The standard InChI is InChI=1S/C17H13N3O7/c21-13(9-3-1-4-10(7-9)19-14(22)16(24)25)18-11-5-2-6-12(8-11)20-15(23)17(26)27/h1-8H,(H,18,21)(H,19,22)(H,20,23)(H,24,25)(H,26,27). The maximum Gasteiger partial charge on any atom is 0.394 e. The van der Waals surface area contributed by atoms with E-state index in [2.05, 4.69) is 16.0 Å². The topological polar surface area (TPSA) is 162 Å². The molecule has 5 N–H and O–H groups in total. The van der Waals surface area contributed by atoms with Crippen LogP contribution in [0.2, 0.25) is 0 Å². The van der Waals surface area contributed by atoms with Crippen molar-refractivity contribution in [1.29, 1.82) is 0 Å². The van der Waals surface area contributed by atoms with Crippen molar-refractivity contribution in [3.63, 3.8) is 0 Å². The van der Waals surface area contributed by atoms with E-state index < -0.39 is 29.7 Å². The molecule has 27 heavy (non-hydrogen) atoms. The zero-order valence-electron chi connectivity index (χ0n) is 13.6. The van der Waals surface area contributed by atoms with E-state index in [1.165, 1.54) is 48.5 Å². The Morgan fingerprint density at radius 2 is 1.07 bits per heavy atom. The molecule has 0 heterocycles. The summed E-state index contributed by atoms with van der Waals surface area (Å²) < 4.78 is 0. The Morgan fingerprint density at radius 3 is 1.59 bits per heavy atom. The molecule has 0 aliphatic heterocycles. The number of rotatable bonds is 4. The van der Waals surface area contributed by atoms with Gasteiger partial charge in [0, 0.05) is 22.6 Å². The predicted octanol–water partition coefficient (Wildman–Crippen LogP) is 0.985. The summed E-state index contributed by atoms with van der Waals surface area (Å²) in [5.41, 5.74) is 0.710. The Kier molecular flexibility index (Phi) is 5.84. The molecule has 0 radical (unpaired) electrons. The molecule has 0 saturated carbocycles. The van der Waals surface area contributed by atoms with Gasteiger partial charge in [-0.25, -0.2) is 9.59 Å². The van der Waals surface area contributed by atoms with Crippen LogP contribution in [0.3, 0.4) is 0 Å². The van der Waals surface area contributed by atoms with Gasteiger partial charge in [0.05, 0.1) is 0 Å². The number of carbonyl (C=O) groups is 5. The van der Waals surface area contributed by atoms with Crippen molar-refractivity contribution in [1.82, 2.24) is 0 Å². The minimum atomic E-state index is -1.66. The van der Waals surface area contributed by atoms with Crippen molar-refractivity contribution in [2.75, 3.05) is 16.0 Å². The highest BCUT2D eigenvalue weighted by atomic mass is 16.4. The average molecular weight is 371 g/mol. The van der Waals surface area contributed by atoms with E-state index in [9.17, 15) is 24.0 Å². The van der Waals surface area contributed by atoms with E-state index in [-0.39, 0.29) is 22.6 Å². The maximum absolute atomic E-state index is 12.3. The van der Waals surface area contributed by atoms with Crippen LogP contribution >= 0.6 is 0 Å². The van der Waals surface area contributed by atoms with Gasteiger partial charge in [0.1, 0.15) is 0 Å². The third kappa shape index (κ3) is 5.39. The molecule has 0 unspecified atom stereocenters. The molecule has 0 aliphatic rings. The van der Waals surface area contributed by atoms with E-state index in [1.807, 2.05) is 0 Å². The first-order chi connectivity index (χ1) is 12.8. The minimum absolute atomic E-state index is 0.123. The number of carboxylic acid groups (broad SMARTS) is 2. The lowest BCUT2D eigenvalue weighted by Crippen LogP contribution is -2.22. The van der Waals surface area contributed by atoms with E-state index >= 15 is 0 Å². The summed E-state index contributed by atoms with van der Waals surface area (Å²) in [5.74, 6) is -6.34. The lowest BCUT2D eigenvalue weighted by Gasteiger charge is -2.09. The van der Waals surface area contributed by atoms with Gasteiger partial charge in [0.25, 0.3) is 5.91 Å². The summed E-state index contributed by atoms with van der Waals surface area (Å²) in [5, 5.41) is 24.0. The number of aliphatic carboxylic acids is 2. The zero-order valence-corrected chi connectivity index (χ0v) is 13.6. The van der Waals surface area contributed by atoms with E-state index in [4.69, 9.17) is 10.2 Å².